The molecule has 41 heavy (non-hydrogen) atoms. The molecule has 0 spiro atoms. The summed E-state index contributed by atoms with van der Waals surface area (Å²) >= 11 is 6.66. The Balaban J connectivity index is 1.71. The number of carboxylic acid groups (broad SMARTS) is 1. The fraction of sp³-hybridized carbons (Fsp3) is 0.143. The number of benzene rings is 2. The summed E-state index contributed by atoms with van der Waals surface area (Å²) in [6, 6.07) is 13.4. The first-order valence-corrected chi connectivity index (χ1v) is 13.2. The fourth-order valence-electron chi connectivity index (χ4n) is 4.39. The summed E-state index contributed by atoms with van der Waals surface area (Å²) in [5.41, 5.74) is -2.52. The highest BCUT2D eigenvalue weighted by atomic mass is 35.5. The van der Waals surface area contributed by atoms with Crippen LogP contribution < -0.4 is 14.9 Å². The van der Waals surface area contributed by atoms with Crippen molar-refractivity contribution in [1.29, 1.82) is 0 Å². The van der Waals surface area contributed by atoms with Gasteiger partial charge in [0.05, 0.1) is 28.3 Å². The quantitative estimate of drug-likeness (QED) is 0.313. The molecular weight excluding hydrogens is 585 g/mol. The molecule has 0 saturated carbocycles. The van der Waals surface area contributed by atoms with Crippen LogP contribution in [0.15, 0.2) is 86.1 Å². The van der Waals surface area contributed by atoms with E-state index in [1.807, 2.05) is 0 Å². The third kappa shape index (κ3) is 5.35. The predicted octanol–water partition coefficient (Wildman–Crippen LogP) is 4.95. The number of alkyl halides is 3. The molecule has 3 heterocycles. The van der Waals surface area contributed by atoms with Crippen LogP contribution in [0.25, 0.3) is 17.4 Å². The number of rotatable bonds is 6. The minimum Gasteiger partial charge on any atom is -0.478 e. The molecule has 0 amide bonds. The average Bonchev–Trinajstić information content (AvgIpc) is 3.52. The summed E-state index contributed by atoms with van der Waals surface area (Å²) in [6.07, 6.45) is -3.72. The maximum Gasteiger partial charge on any atom is 0.434 e. The number of carboxylic acids is 1. The normalized spacial score (nSPS) is 15.4. The predicted molar refractivity (Wildman–Crippen MR) is 143 cm³/mol. The van der Waals surface area contributed by atoms with E-state index < -0.39 is 41.0 Å². The van der Waals surface area contributed by atoms with Crippen molar-refractivity contribution in [1.82, 2.24) is 4.57 Å². The molecule has 0 radical (unpaired) electrons. The number of allylic oxidation sites excluding steroid dienone is 1. The molecule has 0 unspecified atom stereocenters. The molecule has 5 rings (SSSR count). The molecule has 8 nitrogen and oxygen atoms in total. The van der Waals surface area contributed by atoms with Gasteiger partial charge in [0.2, 0.25) is 0 Å². The van der Waals surface area contributed by atoms with Gasteiger partial charge in [-0.05, 0) is 42.8 Å². The molecule has 1 N–H and O–H groups in total. The number of fused-ring (bicyclic) bond motifs is 1. The molecular formula is C28H18ClF3N2O6S. The monoisotopic (exact) mass is 602 g/mol. The Morgan fingerprint density at radius 1 is 1.15 bits per heavy atom. The second-order valence-corrected chi connectivity index (χ2v) is 10.1. The van der Waals surface area contributed by atoms with Gasteiger partial charge in [0.1, 0.15) is 11.5 Å². The molecule has 4 aromatic rings. The van der Waals surface area contributed by atoms with Gasteiger partial charge >= 0.3 is 18.1 Å². The van der Waals surface area contributed by atoms with Gasteiger partial charge in [-0.2, -0.15) is 13.2 Å². The second-order valence-electron chi connectivity index (χ2n) is 8.67. The van der Waals surface area contributed by atoms with Crippen molar-refractivity contribution in [2.75, 3.05) is 6.61 Å². The Hall–Kier alpha value is -4.42. The molecule has 0 saturated heterocycles. The zero-order valence-corrected chi connectivity index (χ0v) is 22.5. The van der Waals surface area contributed by atoms with Gasteiger partial charge < -0.3 is 14.3 Å². The van der Waals surface area contributed by atoms with Crippen molar-refractivity contribution in [2.45, 2.75) is 19.1 Å². The highest BCUT2D eigenvalue weighted by Gasteiger charge is 2.45. The van der Waals surface area contributed by atoms with E-state index in [-0.39, 0.29) is 38.6 Å². The fourth-order valence-corrected chi connectivity index (χ4v) is 5.50. The number of furan rings is 1. The van der Waals surface area contributed by atoms with Crippen LogP contribution in [0, 0.1) is 0 Å². The summed E-state index contributed by atoms with van der Waals surface area (Å²) < 4.78 is 54.4. The number of carbonyl (C=O) groups is 2. The van der Waals surface area contributed by atoms with Crippen LogP contribution in [0.3, 0.4) is 0 Å². The van der Waals surface area contributed by atoms with Crippen molar-refractivity contribution in [3.8, 4) is 11.3 Å². The molecule has 1 aliphatic heterocycles. The topological polar surface area (TPSA) is 111 Å². The van der Waals surface area contributed by atoms with Crippen molar-refractivity contribution in [3.63, 3.8) is 0 Å². The highest BCUT2D eigenvalue weighted by Crippen LogP contribution is 2.38. The third-order valence-corrected chi connectivity index (χ3v) is 7.34. The molecule has 0 aliphatic carbocycles. The summed E-state index contributed by atoms with van der Waals surface area (Å²) in [6.45, 7) is 1.25. The van der Waals surface area contributed by atoms with Gasteiger partial charge in [0.15, 0.2) is 10.5 Å². The molecule has 0 bridgehead atoms. The Morgan fingerprint density at radius 3 is 2.51 bits per heavy atom. The zero-order valence-electron chi connectivity index (χ0n) is 20.9. The van der Waals surface area contributed by atoms with Gasteiger partial charge in [-0.25, -0.2) is 14.6 Å². The molecule has 1 aliphatic rings. The van der Waals surface area contributed by atoms with Gasteiger partial charge in [-0.3, -0.25) is 9.36 Å². The minimum atomic E-state index is -5.03. The average molecular weight is 603 g/mol. The van der Waals surface area contributed by atoms with Gasteiger partial charge in [-0.15, -0.1) is 0 Å². The largest absolute Gasteiger partial charge is 0.478 e. The van der Waals surface area contributed by atoms with Gasteiger partial charge in [0, 0.05) is 16.7 Å². The lowest BCUT2D eigenvalue weighted by Crippen LogP contribution is -2.41. The zero-order chi connectivity index (χ0) is 29.5. The molecule has 210 valence electrons. The smallest absolute Gasteiger partial charge is 0.434 e. The van der Waals surface area contributed by atoms with E-state index in [9.17, 15) is 32.7 Å². The van der Waals surface area contributed by atoms with Crippen molar-refractivity contribution in [2.24, 2.45) is 4.99 Å². The van der Waals surface area contributed by atoms with Gasteiger partial charge in [-0.1, -0.05) is 53.3 Å². The van der Waals surface area contributed by atoms with Crippen LogP contribution in [0.1, 0.15) is 34.6 Å². The molecule has 2 aromatic heterocycles. The number of aromatic nitrogens is 1. The van der Waals surface area contributed by atoms with Crippen molar-refractivity contribution < 1.29 is 37.0 Å². The number of aromatic carboxylic acids is 1. The van der Waals surface area contributed by atoms with E-state index in [1.54, 1.807) is 18.2 Å². The lowest BCUT2D eigenvalue weighted by atomic mass is 9.95. The van der Waals surface area contributed by atoms with E-state index in [1.165, 1.54) is 55.5 Å². The molecule has 13 heteroatoms. The maximum absolute atomic E-state index is 14.2. The lowest BCUT2D eigenvalue weighted by molar-refractivity contribution is -0.140. The number of thiazole rings is 1. The van der Waals surface area contributed by atoms with E-state index >= 15 is 0 Å². The summed E-state index contributed by atoms with van der Waals surface area (Å²) in [5, 5.41) is 9.78. The molecule has 1 atom stereocenters. The number of carbonyl (C=O) groups excluding carboxylic acids is 1. The van der Waals surface area contributed by atoms with E-state index in [4.69, 9.17) is 20.8 Å². The number of halogens is 4. The third-order valence-electron chi connectivity index (χ3n) is 6.10. The number of ether oxygens (including phenoxy) is 1. The Labute approximate surface area is 237 Å². The second kappa shape index (κ2) is 10.9. The van der Waals surface area contributed by atoms with E-state index in [2.05, 4.69) is 4.99 Å². The Kier molecular flexibility index (Phi) is 7.45. The standard InChI is InChI=1S/C28H18ClF3N2O6S/c1-2-39-26(38)21-22(14-7-9-15(29)10-8-14)34-24(35)20(41-27(34)33-23(21)28(30,31)32)13-16-11-12-19(40-16)17-5-3-4-6-18(17)25(36)37/h3-13,22H,2H2,1H3,(H,36,37)/b20-13-/t22-/m0/s1. The van der Waals surface area contributed by atoms with E-state index in [0.29, 0.717) is 21.9 Å². The highest BCUT2D eigenvalue weighted by molar-refractivity contribution is 7.07. The van der Waals surface area contributed by atoms with Crippen molar-refractivity contribution >= 4 is 41.0 Å². The lowest BCUT2D eigenvalue weighted by Gasteiger charge is -2.26. The van der Waals surface area contributed by atoms with Crippen LogP contribution in [-0.4, -0.2) is 34.4 Å². The van der Waals surface area contributed by atoms with Crippen LogP contribution in [0.4, 0.5) is 13.2 Å². The minimum absolute atomic E-state index is 0.00177. The first-order valence-electron chi connectivity index (χ1n) is 12.0. The van der Waals surface area contributed by atoms with Crippen molar-refractivity contribution in [3.05, 3.63) is 114 Å². The molecule has 2 aromatic carbocycles. The van der Waals surface area contributed by atoms with Crippen LogP contribution in [0.2, 0.25) is 5.02 Å². The number of hydrogen-bond donors (Lipinski definition) is 1. The van der Waals surface area contributed by atoms with Crippen LogP contribution in [-0.2, 0) is 9.53 Å². The molecule has 0 fully saturated rings. The summed E-state index contributed by atoms with van der Waals surface area (Å²) in [7, 11) is 0. The first kappa shape index (κ1) is 28.1. The Bertz CT molecular complexity index is 1890. The summed E-state index contributed by atoms with van der Waals surface area (Å²) in [5.74, 6) is -2.06. The van der Waals surface area contributed by atoms with Crippen LogP contribution in [0.5, 0.6) is 0 Å². The van der Waals surface area contributed by atoms with Crippen LogP contribution >= 0.6 is 22.9 Å². The Morgan fingerprint density at radius 2 is 1.85 bits per heavy atom. The number of esters is 1. The van der Waals surface area contributed by atoms with E-state index in [0.717, 1.165) is 4.57 Å². The van der Waals surface area contributed by atoms with Gasteiger partial charge in [0.25, 0.3) is 5.56 Å². The number of nitrogens with zero attached hydrogens (tertiary/aromatic N) is 2. The number of hydrogen-bond acceptors (Lipinski definition) is 7. The SMILES string of the molecule is CCOC(=O)C1=C(C(F)(F)F)N=c2s/c(=C\c3ccc(-c4ccccc4C(=O)O)o3)c(=O)n2[C@H]1c1ccc(Cl)cc1. The maximum atomic E-state index is 14.2. The first-order chi connectivity index (χ1) is 19.5. The summed E-state index contributed by atoms with van der Waals surface area (Å²) in [4.78, 5) is 41.6.